The van der Waals surface area contributed by atoms with Gasteiger partial charge in [-0.2, -0.15) is 0 Å². The molecule has 7 nitrogen and oxygen atoms in total. The summed E-state index contributed by atoms with van der Waals surface area (Å²) in [5.74, 6) is -0.333. The van der Waals surface area contributed by atoms with Crippen molar-refractivity contribution in [2.24, 2.45) is 0 Å². The zero-order valence-corrected chi connectivity index (χ0v) is 17.2. The molecule has 3 rings (SSSR count). The highest BCUT2D eigenvalue weighted by Crippen LogP contribution is 2.20. The molecule has 0 bridgehead atoms. The van der Waals surface area contributed by atoms with E-state index in [4.69, 9.17) is 0 Å². The summed E-state index contributed by atoms with van der Waals surface area (Å²) in [4.78, 5) is 44.8. The number of nitrogens with zero attached hydrogens (tertiary/aromatic N) is 2. The first kappa shape index (κ1) is 20.5. The Morgan fingerprint density at radius 2 is 2.00 bits per heavy atom. The summed E-state index contributed by atoms with van der Waals surface area (Å²) in [5.41, 5.74) is 2.12. The van der Waals surface area contributed by atoms with Crippen molar-refractivity contribution >= 4 is 16.9 Å². The van der Waals surface area contributed by atoms with Crippen LogP contribution in [-0.4, -0.2) is 20.4 Å². The lowest BCUT2D eigenvalue weighted by molar-refractivity contribution is 0.0952. The van der Waals surface area contributed by atoms with Crippen LogP contribution in [0.25, 0.3) is 11.0 Å². The van der Waals surface area contributed by atoms with E-state index in [1.165, 1.54) is 4.57 Å². The summed E-state index contributed by atoms with van der Waals surface area (Å²) in [6.45, 7) is 8.59. The molecule has 0 saturated carbocycles. The Hall–Kier alpha value is -3.22. The van der Waals surface area contributed by atoms with E-state index in [2.05, 4.69) is 15.3 Å². The van der Waals surface area contributed by atoms with Gasteiger partial charge in [0.2, 0.25) is 0 Å². The fourth-order valence-corrected chi connectivity index (χ4v) is 3.30. The number of aryl methyl sites for hydroxylation is 2. The average molecular weight is 394 g/mol. The van der Waals surface area contributed by atoms with Gasteiger partial charge in [0.05, 0.1) is 10.9 Å². The Balaban J connectivity index is 2.12. The summed E-state index contributed by atoms with van der Waals surface area (Å²) in [7, 11) is 0. The van der Waals surface area contributed by atoms with Crippen LogP contribution in [0.3, 0.4) is 0 Å². The number of amides is 1. The van der Waals surface area contributed by atoms with Crippen molar-refractivity contribution in [2.45, 2.75) is 53.1 Å². The van der Waals surface area contributed by atoms with Gasteiger partial charge in [-0.05, 0) is 30.9 Å². The molecule has 29 heavy (non-hydrogen) atoms. The van der Waals surface area contributed by atoms with Crippen molar-refractivity contribution in [3.63, 3.8) is 0 Å². The lowest BCUT2D eigenvalue weighted by Gasteiger charge is -2.14. The van der Waals surface area contributed by atoms with E-state index in [0.29, 0.717) is 25.2 Å². The zero-order chi connectivity index (χ0) is 21.1. The number of carbonyl (C=O) groups excluding carboxylic acids is 1. The average Bonchev–Trinajstić information content (AvgIpc) is 2.68. The first-order valence-electron chi connectivity index (χ1n) is 9.83. The minimum atomic E-state index is -0.596. The molecule has 2 aromatic heterocycles. The van der Waals surface area contributed by atoms with Gasteiger partial charge in [-0.15, -0.1) is 0 Å². The van der Waals surface area contributed by atoms with Crippen LogP contribution in [0.15, 0.2) is 39.9 Å². The first-order chi connectivity index (χ1) is 13.8. The monoisotopic (exact) mass is 394 g/mol. The summed E-state index contributed by atoms with van der Waals surface area (Å²) < 4.78 is 1.43. The van der Waals surface area contributed by atoms with Gasteiger partial charge in [0.25, 0.3) is 11.5 Å². The van der Waals surface area contributed by atoms with Crippen molar-refractivity contribution in [3.8, 4) is 0 Å². The Morgan fingerprint density at radius 1 is 1.24 bits per heavy atom. The number of aromatic amines is 1. The number of nitrogens with one attached hydrogen (secondary N) is 2. The van der Waals surface area contributed by atoms with Crippen molar-refractivity contribution in [2.75, 3.05) is 0 Å². The van der Waals surface area contributed by atoms with Crippen molar-refractivity contribution in [3.05, 3.63) is 73.6 Å². The van der Waals surface area contributed by atoms with Crippen LogP contribution >= 0.6 is 0 Å². The number of aromatic nitrogens is 3. The number of rotatable bonds is 6. The number of benzene rings is 1. The molecule has 3 aromatic rings. The molecular weight excluding hydrogens is 368 g/mol. The summed E-state index contributed by atoms with van der Waals surface area (Å²) in [6, 6.07) is 9.50. The minimum absolute atomic E-state index is 0.0344. The maximum absolute atomic E-state index is 13.0. The SMILES string of the molecule is CCCn1c(=O)[nH]c(=O)c2c(C(=O)NCc3cccc(C)c3)cc(C(C)C)nc21. The van der Waals surface area contributed by atoms with E-state index >= 15 is 0 Å². The first-order valence-corrected chi connectivity index (χ1v) is 9.83. The maximum Gasteiger partial charge on any atom is 0.329 e. The predicted octanol–water partition coefficient (Wildman–Crippen LogP) is 2.86. The van der Waals surface area contributed by atoms with Crippen LogP contribution in [0.4, 0.5) is 0 Å². The normalized spacial score (nSPS) is 11.2. The van der Waals surface area contributed by atoms with Gasteiger partial charge in [0, 0.05) is 18.8 Å². The van der Waals surface area contributed by atoms with Crippen LogP contribution in [-0.2, 0) is 13.1 Å². The van der Waals surface area contributed by atoms with Crippen LogP contribution in [0.5, 0.6) is 0 Å². The minimum Gasteiger partial charge on any atom is -0.348 e. The number of carbonyl (C=O) groups is 1. The van der Waals surface area contributed by atoms with Gasteiger partial charge in [-0.3, -0.25) is 19.1 Å². The Labute approximate surface area is 168 Å². The molecule has 2 heterocycles. The zero-order valence-electron chi connectivity index (χ0n) is 17.2. The summed E-state index contributed by atoms with van der Waals surface area (Å²) in [5, 5.41) is 3.03. The van der Waals surface area contributed by atoms with E-state index in [-0.39, 0.29) is 28.4 Å². The number of H-pyrrole nitrogens is 1. The highest BCUT2D eigenvalue weighted by molar-refractivity contribution is 6.05. The molecule has 1 amide bonds. The molecule has 0 atom stereocenters. The predicted molar refractivity (Wildman–Crippen MR) is 113 cm³/mol. The highest BCUT2D eigenvalue weighted by Gasteiger charge is 2.20. The maximum atomic E-state index is 13.0. The largest absolute Gasteiger partial charge is 0.348 e. The Kier molecular flexibility index (Phi) is 5.96. The van der Waals surface area contributed by atoms with Crippen LogP contribution in [0.1, 0.15) is 60.3 Å². The van der Waals surface area contributed by atoms with E-state index in [1.807, 2.05) is 52.0 Å². The molecule has 1 aromatic carbocycles. The number of hydrogen-bond donors (Lipinski definition) is 2. The van der Waals surface area contributed by atoms with Gasteiger partial charge >= 0.3 is 5.69 Å². The molecule has 0 radical (unpaired) electrons. The molecule has 0 aliphatic carbocycles. The molecule has 0 fully saturated rings. The lowest BCUT2D eigenvalue weighted by atomic mass is 10.0. The molecule has 0 saturated heterocycles. The smallest absolute Gasteiger partial charge is 0.329 e. The molecule has 0 unspecified atom stereocenters. The quantitative estimate of drug-likeness (QED) is 0.672. The van der Waals surface area contributed by atoms with Gasteiger partial charge in [-0.1, -0.05) is 50.6 Å². The van der Waals surface area contributed by atoms with Crippen molar-refractivity contribution in [1.29, 1.82) is 0 Å². The van der Waals surface area contributed by atoms with Gasteiger partial charge < -0.3 is 5.32 Å². The second-order valence-electron chi connectivity index (χ2n) is 7.53. The Morgan fingerprint density at radius 3 is 2.66 bits per heavy atom. The van der Waals surface area contributed by atoms with Crippen LogP contribution < -0.4 is 16.6 Å². The summed E-state index contributed by atoms with van der Waals surface area (Å²) in [6.07, 6.45) is 0.698. The molecular formula is C22H26N4O3. The molecule has 7 heteroatoms. The third kappa shape index (κ3) is 4.29. The van der Waals surface area contributed by atoms with Crippen molar-refractivity contribution < 1.29 is 4.79 Å². The molecule has 0 spiro atoms. The van der Waals surface area contributed by atoms with Crippen LogP contribution in [0, 0.1) is 6.92 Å². The van der Waals surface area contributed by atoms with Crippen LogP contribution in [0.2, 0.25) is 0 Å². The van der Waals surface area contributed by atoms with E-state index in [0.717, 1.165) is 11.1 Å². The van der Waals surface area contributed by atoms with Crippen molar-refractivity contribution in [1.82, 2.24) is 19.9 Å². The Bertz CT molecular complexity index is 1170. The van der Waals surface area contributed by atoms with E-state index in [1.54, 1.807) is 6.07 Å². The second-order valence-corrected chi connectivity index (χ2v) is 7.53. The molecule has 0 aliphatic rings. The van der Waals surface area contributed by atoms with E-state index < -0.39 is 11.2 Å². The van der Waals surface area contributed by atoms with Gasteiger partial charge in [0.15, 0.2) is 5.65 Å². The number of fused-ring (bicyclic) bond motifs is 1. The standard InChI is InChI=1S/C22H26N4O3/c1-5-9-26-19-18(21(28)25-22(26)29)16(11-17(24-19)13(2)3)20(27)23-12-15-8-6-7-14(4)10-15/h6-8,10-11,13H,5,9,12H2,1-4H3,(H,23,27)(H,25,28,29). The fraction of sp³-hybridized carbons (Fsp3) is 0.364. The lowest BCUT2D eigenvalue weighted by Crippen LogP contribution is -2.33. The molecule has 152 valence electrons. The highest BCUT2D eigenvalue weighted by atomic mass is 16.2. The van der Waals surface area contributed by atoms with E-state index in [9.17, 15) is 14.4 Å². The summed E-state index contributed by atoms with van der Waals surface area (Å²) >= 11 is 0. The third-order valence-corrected chi connectivity index (χ3v) is 4.79. The van der Waals surface area contributed by atoms with Gasteiger partial charge in [0.1, 0.15) is 0 Å². The fourth-order valence-electron chi connectivity index (χ4n) is 3.30. The topological polar surface area (TPSA) is 96.9 Å². The number of hydrogen-bond acceptors (Lipinski definition) is 4. The molecule has 2 N–H and O–H groups in total. The molecule has 0 aliphatic heterocycles. The van der Waals surface area contributed by atoms with Gasteiger partial charge in [-0.25, -0.2) is 9.78 Å². The number of pyridine rings is 1. The third-order valence-electron chi connectivity index (χ3n) is 4.79. The second kappa shape index (κ2) is 8.43.